The number of amides is 1. The summed E-state index contributed by atoms with van der Waals surface area (Å²) in [5, 5.41) is 0. The summed E-state index contributed by atoms with van der Waals surface area (Å²) in [4.78, 5) is 28.9. The molecule has 0 aromatic heterocycles. The molecule has 172 valence electrons. The molecule has 33 heavy (non-hydrogen) atoms. The molecule has 0 bridgehead atoms. The molecule has 5 rings (SSSR count). The summed E-state index contributed by atoms with van der Waals surface area (Å²) >= 11 is 0. The second-order valence-electron chi connectivity index (χ2n) is 8.95. The van der Waals surface area contributed by atoms with Crippen molar-refractivity contribution in [3.63, 3.8) is 0 Å². The highest BCUT2D eigenvalue weighted by molar-refractivity contribution is 6.10. The fourth-order valence-electron chi connectivity index (χ4n) is 5.30. The van der Waals surface area contributed by atoms with E-state index in [2.05, 4.69) is 22.0 Å². The summed E-state index contributed by atoms with van der Waals surface area (Å²) in [6.07, 6.45) is 4.91. The minimum atomic E-state index is -0.573. The van der Waals surface area contributed by atoms with Gasteiger partial charge in [0.25, 0.3) is 5.91 Å². The number of aliphatic imine (C=N–C) groups is 2. The van der Waals surface area contributed by atoms with Crippen LogP contribution in [0.1, 0.15) is 42.5 Å². The molecule has 8 heteroatoms. The Labute approximate surface area is 194 Å². The smallest absolute Gasteiger partial charge is 0.256 e. The zero-order valence-corrected chi connectivity index (χ0v) is 18.9. The van der Waals surface area contributed by atoms with Gasteiger partial charge in [-0.1, -0.05) is 36.8 Å². The molecule has 0 radical (unpaired) electrons. The van der Waals surface area contributed by atoms with Gasteiger partial charge in [-0.2, -0.15) is 4.99 Å². The zero-order valence-electron chi connectivity index (χ0n) is 18.9. The van der Waals surface area contributed by atoms with Crippen LogP contribution in [0.2, 0.25) is 0 Å². The number of hydrogen-bond donors (Lipinski definition) is 2. The van der Waals surface area contributed by atoms with E-state index in [0.29, 0.717) is 24.6 Å². The predicted molar refractivity (Wildman–Crippen MR) is 133 cm³/mol. The lowest BCUT2D eigenvalue weighted by Crippen LogP contribution is -2.59. The minimum absolute atomic E-state index is 0.0135. The summed E-state index contributed by atoms with van der Waals surface area (Å²) in [6.45, 7) is 2.94. The lowest BCUT2D eigenvalue weighted by Gasteiger charge is -2.46. The Morgan fingerprint density at radius 1 is 0.848 bits per heavy atom. The van der Waals surface area contributed by atoms with Gasteiger partial charge in [0, 0.05) is 31.9 Å². The van der Waals surface area contributed by atoms with E-state index < -0.39 is 5.66 Å². The van der Waals surface area contributed by atoms with E-state index in [9.17, 15) is 4.79 Å². The van der Waals surface area contributed by atoms with E-state index in [0.717, 1.165) is 50.9 Å². The third kappa shape index (κ3) is 4.01. The Balaban J connectivity index is 1.41. The first kappa shape index (κ1) is 21.3. The van der Waals surface area contributed by atoms with Gasteiger partial charge in [-0.3, -0.25) is 9.69 Å². The molecule has 1 aliphatic carbocycles. The van der Waals surface area contributed by atoms with Gasteiger partial charge in [-0.25, -0.2) is 4.99 Å². The molecule has 1 amide bonds. The zero-order chi connectivity index (χ0) is 22.8. The highest BCUT2D eigenvalue weighted by Gasteiger charge is 2.44. The molecule has 1 spiro atoms. The van der Waals surface area contributed by atoms with Crippen molar-refractivity contribution in [1.29, 1.82) is 0 Å². The number of rotatable bonds is 3. The van der Waals surface area contributed by atoms with E-state index in [1.807, 2.05) is 52.3 Å². The average Bonchev–Trinajstić information content (AvgIpc) is 2.84. The maximum Gasteiger partial charge on any atom is 0.256 e. The van der Waals surface area contributed by atoms with Crippen LogP contribution in [0.25, 0.3) is 0 Å². The van der Waals surface area contributed by atoms with Gasteiger partial charge < -0.3 is 21.3 Å². The van der Waals surface area contributed by atoms with Crippen molar-refractivity contribution in [2.45, 2.75) is 37.8 Å². The van der Waals surface area contributed by atoms with Crippen LogP contribution >= 0.6 is 0 Å². The molecular formula is C25H31N7O. The van der Waals surface area contributed by atoms with E-state index in [1.165, 1.54) is 5.69 Å². The van der Waals surface area contributed by atoms with Crippen LogP contribution in [0, 0.1) is 0 Å². The fourth-order valence-corrected chi connectivity index (χ4v) is 5.30. The Morgan fingerprint density at radius 2 is 1.52 bits per heavy atom. The highest BCUT2D eigenvalue weighted by Crippen LogP contribution is 2.40. The van der Waals surface area contributed by atoms with Gasteiger partial charge in [0.05, 0.1) is 11.3 Å². The third-order valence-electron chi connectivity index (χ3n) is 6.91. The molecule has 2 fully saturated rings. The molecule has 4 N–H and O–H groups in total. The summed E-state index contributed by atoms with van der Waals surface area (Å²) in [6, 6.07) is 18.0. The van der Waals surface area contributed by atoms with Crippen molar-refractivity contribution in [1.82, 2.24) is 4.90 Å². The lowest BCUT2D eigenvalue weighted by molar-refractivity contribution is 0.0747. The van der Waals surface area contributed by atoms with Crippen LogP contribution in [-0.2, 0) is 0 Å². The van der Waals surface area contributed by atoms with Gasteiger partial charge in [-0.15, -0.1) is 0 Å². The summed E-state index contributed by atoms with van der Waals surface area (Å²) in [5.74, 6) is 0.532. The number of carbonyl (C=O) groups excluding carboxylic acids is 1. The number of hydrogen-bond acceptors (Lipinski definition) is 7. The van der Waals surface area contributed by atoms with Gasteiger partial charge in [0.15, 0.2) is 0 Å². The first-order valence-corrected chi connectivity index (χ1v) is 11.8. The monoisotopic (exact) mass is 445 g/mol. The number of nitrogens with zero attached hydrogens (tertiary/aromatic N) is 5. The second-order valence-corrected chi connectivity index (χ2v) is 8.95. The highest BCUT2D eigenvalue weighted by atomic mass is 16.2. The van der Waals surface area contributed by atoms with Crippen LogP contribution < -0.4 is 21.3 Å². The first-order chi connectivity index (χ1) is 16.1. The van der Waals surface area contributed by atoms with Crippen LogP contribution in [-0.4, -0.2) is 54.6 Å². The molecular weight excluding hydrogens is 414 g/mol. The van der Waals surface area contributed by atoms with E-state index in [-0.39, 0.29) is 11.9 Å². The van der Waals surface area contributed by atoms with Crippen LogP contribution in [0.5, 0.6) is 0 Å². The van der Waals surface area contributed by atoms with Gasteiger partial charge >= 0.3 is 0 Å². The number of carbonyl (C=O) groups is 1. The standard InChI is InChI=1S/C25H31N7O/c26-23-28-24(27)32(25(29-23)13-7-2-8-14-25)21-12-6-5-11-20(21)22(33)31-17-15-30(16-18-31)19-9-3-1-4-10-19/h1,3-6,9-12H,2,7-8,13-18H2,(H4,26,27,28,29). The topological polar surface area (TPSA) is 104 Å². The van der Waals surface area contributed by atoms with Crippen molar-refractivity contribution in [3.05, 3.63) is 60.2 Å². The van der Waals surface area contributed by atoms with Crippen LogP contribution in [0.4, 0.5) is 11.4 Å². The van der Waals surface area contributed by atoms with Crippen LogP contribution in [0.3, 0.4) is 0 Å². The van der Waals surface area contributed by atoms with Gasteiger partial charge in [0.2, 0.25) is 11.9 Å². The second kappa shape index (κ2) is 8.77. The number of piperazine rings is 1. The van der Waals surface area contributed by atoms with E-state index >= 15 is 0 Å². The lowest BCUT2D eigenvalue weighted by atomic mass is 9.87. The molecule has 3 aliphatic rings. The van der Waals surface area contributed by atoms with E-state index in [1.54, 1.807) is 0 Å². The maximum atomic E-state index is 13.7. The number of benzene rings is 2. The molecule has 2 aliphatic heterocycles. The Hall–Kier alpha value is -3.55. The fraction of sp³-hybridized carbons (Fsp3) is 0.400. The van der Waals surface area contributed by atoms with Crippen LogP contribution in [0.15, 0.2) is 64.6 Å². The van der Waals surface area contributed by atoms with E-state index in [4.69, 9.17) is 16.5 Å². The normalized spacial score (nSPS) is 20.4. The molecule has 1 saturated carbocycles. The number of anilines is 2. The Kier molecular flexibility index (Phi) is 5.66. The molecule has 0 atom stereocenters. The largest absolute Gasteiger partial charge is 0.369 e. The van der Waals surface area contributed by atoms with Gasteiger partial charge in [-0.05, 0) is 49.9 Å². The van der Waals surface area contributed by atoms with Crippen molar-refractivity contribution in [3.8, 4) is 0 Å². The van der Waals surface area contributed by atoms with Crippen molar-refractivity contribution in [2.24, 2.45) is 21.5 Å². The maximum absolute atomic E-state index is 13.7. The molecule has 1 saturated heterocycles. The Morgan fingerprint density at radius 3 is 2.24 bits per heavy atom. The number of nitrogens with two attached hydrogens (primary N) is 2. The minimum Gasteiger partial charge on any atom is -0.369 e. The average molecular weight is 446 g/mol. The number of guanidine groups is 2. The number of para-hydroxylation sites is 2. The summed E-state index contributed by atoms with van der Waals surface area (Å²) < 4.78 is 0. The SMILES string of the molecule is NC1=NC2(CCCCC2)N(c2ccccc2C(=O)N2CCN(c3ccccc3)CC2)C(N)=N1. The molecule has 2 heterocycles. The summed E-state index contributed by atoms with van der Waals surface area (Å²) in [5.41, 5.74) is 14.4. The predicted octanol–water partition coefficient (Wildman–Crippen LogP) is 2.76. The molecule has 0 unspecified atom stereocenters. The van der Waals surface area contributed by atoms with Crippen molar-refractivity contribution in [2.75, 3.05) is 36.0 Å². The summed E-state index contributed by atoms with van der Waals surface area (Å²) in [7, 11) is 0. The molecule has 2 aromatic rings. The third-order valence-corrected chi connectivity index (χ3v) is 6.91. The molecule has 8 nitrogen and oxygen atoms in total. The first-order valence-electron chi connectivity index (χ1n) is 11.8. The van der Waals surface area contributed by atoms with Crippen molar-refractivity contribution < 1.29 is 4.79 Å². The van der Waals surface area contributed by atoms with Gasteiger partial charge in [0.1, 0.15) is 5.66 Å². The quantitative estimate of drug-likeness (QED) is 0.756. The van der Waals surface area contributed by atoms with Crippen molar-refractivity contribution >= 4 is 29.2 Å². The Bertz CT molecular complexity index is 1070. The molecule has 2 aromatic carbocycles.